The van der Waals surface area contributed by atoms with Crippen LogP contribution in [0.5, 0.6) is 0 Å². The van der Waals surface area contributed by atoms with Gasteiger partial charge < -0.3 is 0 Å². The number of nitrogens with one attached hydrogen (secondary N) is 1. The summed E-state index contributed by atoms with van der Waals surface area (Å²) >= 11 is 1.18. The molecule has 0 fully saturated rings. The lowest BCUT2D eigenvalue weighted by atomic mass is 10.3. The largest absolute Gasteiger partial charge is 0.297 e. The lowest BCUT2D eigenvalue weighted by molar-refractivity contribution is 0.101. The average molecular weight is 388 g/mol. The predicted octanol–water partition coefficient (Wildman–Crippen LogP) is 1.70. The Labute approximate surface area is 151 Å². The smallest absolute Gasteiger partial charge is 0.295 e. The molecular formula is C15H12N6O3S2. The molecule has 0 aliphatic carbocycles. The van der Waals surface area contributed by atoms with E-state index in [-0.39, 0.29) is 10.7 Å². The highest BCUT2D eigenvalue weighted by atomic mass is 32.2. The van der Waals surface area contributed by atoms with Crippen LogP contribution < -0.4 is 5.32 Å². The van der Waals surface area contributed by atoms with E-state index in [2.05, 4.69) is 25.4 Å². The summed E-state index contributed by atoms with van der Waals surface area (Å²) in [7, 11) is -3.31. The van der Waals surface area contributed by atoms with E-state index in [1.807, 2.05) is 6.92 Å². The zero-order valence-corrected chi connectivity index (χ0v) is 15.3. The molecule has 1 amide bonds. The van der Waals surface area contributed by atoms with Crippen LogP contribution in [0.4, 0.5) is 5.13 Å². The van der Waals surface area contributed by atoms with E-state index >= 15 is 0 Å². The number of hydrogen-bond donors (Lipinski definition) is 1. The number of carbonyl (C=O) groups is 1. The molecule has 132 valence electrons. The zero-order chi connectivity index (χ0) is 18.5. The molecule has 1 aromatic carbocycles. The Kier molecular flexibility index (Phi) is 3.70. The summed E-state index contributed by atoms with van der Waals surface area (Å²) in [6, 6.07) is 6.39. The molecule has 3 aromatic heterocycles. The molecule has 1 N–H and O–H groups in total. The summed E-state index contributed by atoms with van der Waals surface area (Å²) in [5, 5.41) is 7.11. The van der Waals surface area contributed by atoms with E-state index in [1.165, 1.54) is 28.0 Å². The minimum absolute atomic E-state index is 0.0251. The first-order valence-corrected chi connectivity index (χ1v) is 10.1. The van der Waals surface area contributed by atoms with Crippen molar-refractivity contribution in [2.45, 2.75) is 11.8 Å². The number of anilines is 1. The molecule has 0 saturated heterocycles. The Morgan fingerprint density at radius 1 is 1.23 bits per heavy atom. The van der Waals surface area contributed by atoms with Crippen LogP contribution in [0.3, 0.4) is 0 Å². The third-order valence-electron chi connectivity index (χ3n) is 3.64. The van der Waals surface area contributed by atoms with Gasteiger partial charge in [-0.25, -0.2) is 22.9 Å². The molecule has 0 atom stereocenters. The van der Waals surface area contributed by atoms with Crippen molar-refractivity contribution < 1.29 is 13.2 Å². The van der Waals surface area contributed by atoms with E-state index < -0.39 is 15.7 Å². The second-order valence-corrected chi connectivity index (χ2v) is 8.65. The quantitative estimate of drug-likeness (QED) is 0.567. The molecular weight excluding hydrogens is 376 g/mol. The van der Waals surface area contributed by atoms with Crippen LogP contribution in [0.2, 0.25) is 0 Å². The minimum Gasteiger partial charge on any atom is -0.295 e. The van der Waals surface area contributed by atoms with Crippen molar-refractivity contribution >= 4 is 48.2 Å². The zero-order valence-electron chi connectivity index (χ0n) is 13.7. The Bertz CT molecular complexity index is 1280. The van der Waals surface area contributed by atoms with Crippen molar-refractivity contribution in [2.75, 3.05) is 11.6 Å². The predicted molar refractivity (Wildman–Crippen MR) is 96.2 cm³/mol. The van der Waals surface area contributed by atoms with Gasteiger partial charge in [-0.05, 0) is 31.2 Å². The van der Waals surface area contributed by atoms with E-state index in [0.717, 1.165) is 11.9 Å². The van der Waals surface area contributed by atoms with Gasteiger partial charge in [-0.2, -0.15) is 4.98 Å². The van der Waals surface area contributed by atoms with Crippen LogP contribution in [0.1, 0.15) is 16.3 Å². The minimum atomic E-state index is -3.31. The second kappa shape index (κ2) is 5.81. The van der Waals surface area contributed by atoms with Crippen LogP contribution in [0.15, 0.2) is 35.4 Å². The van der Waals surface area contributed by atoms with Crippen LogP contribution in [-0.4, -0.2) is 45.1 Å². The van der Waals surface area contributed by atoms with E-state index in [4.69, 9.17) is 0 Å². The molecule has 0 radical (unpaired) electrons. The number of carbonyl (C=O) groups excluding carboxylic acids is 1. The van der Waals surface area contributed by atoms with Gasteiger partial charge in [0.2, 0.25) is 5.82 Å². The van der Waals surface area contributed by atoms with Crippen molar-refractivity contribution in [1.82, 2.24) is 24.6 Å². The van der Waals surface area contributed by atoms with Gasteiger partial charge in [-0.3, -0.25) is 10.1 Å². The molecule has 0 spiro atoms. The molecule has 0 saturated carbocycles. The molecule has 11 heteroatoms. The number of thiazole rings is 1. The number of fused-ring (bicyclic) bond motifs is 2. The van der Waals surface area contributed by atoms with Crippen molar-refractivity contribution in [3.05, 3.63) is 42.0 Å². The molecule has 9 nitrogen and oxygen atoms in total. The Hall–Kier alpha value is -2.92. The number of rotatable bonds is 3. The summed E-state index contributed by atoms with van der Waals surface area (Å²) in [5.41, 5.74) is 1.40. The third-order valence-corrected chi connectivity index (χ3v) is 5.69. The van der Waals surface area contributed by atoms with E-state index in [1.54, 1.807) is 18.3 Å². The van der Waals surface area contributed by atoms with E-state index in [0.29, 0.717) is 21.1 Å². The average Bonchev–Trinajstić information content (AvgIpc) is 3.17. The fourth-order valence-corrected chi connectivity index (χ4v) is 3.97. The SMILES string of the molecule is Cc1ccnc2nc(C(=O)Nc3nc4ccc(S(C)(=O)=O)cc4s3)nn12. The van der Waals surface area contributed by atoms with Gasteiger partial charge in [0.1, 0.15) is 0 Å². The van der Waals surface area contributed by atoms with Crippen LogP contribution >= 0.6 is 11.3 Å². The Balaban J connectivity index is 1.65. The highest BCUT2D eigenvalue weighted by Gasteiger charge is 2.17. The van der Waals surface area contributed by atoms with Crippen molar-refractivity contribution in [3.8, 4) is 0 Å². The molecule has 0 unspecified atom stereocenters. The number of benzene rings is 1. The number of aromatic nitrogens is 5. The summed E-state index contributed by atoms with van der Waals surface area (Å²) < 4.78 is 25.4. The first-order chi connectivity index (χ1) is 12.3. The van der Waals surface area contributed by atoms with Crippen molar-refractivity contribution in [2.24, 2.45) is 0 Å². The fraction of sp³-hybridized carbons (Fsp3) is 0.133. The number of aryl methyl sites for hydroxylation is 1. The molecule has 0 aliphatic heterocycles. The topological polar surface area (TPSA) is 119 Å². The summed E-state index contributed by atoms with van der Waals surface area (Å²) in [5.74, 6) is -0.211. The maximum atomic E-state index is 12.4. The van der Waals surface area contributed by atoms with Crippen LogP contribution in [0, 0.1) is 6.92 Å². The van der Waals surface area contributed by atoms with Crippen molar-refractivity contribution in [1.29, 1.82) is 0 Å². The number of amides is 1. The van der Waals surface area contributed by atoms with Gasteiger partial charge in [0, 0.05) is 18.1 Å². The number of sulfone groups is 1. The van der Waals surface area contributed by atoms with Crippen molar-refractivity contribution in [3.63, 3.8) is 0 Å². The Morgan fingerprint density at radius 3 is 2.77 bits per heavy atom. The third kappa shape index (κ3) is 2.91. The Morgan fingerprint density at radius 2 is 2.04 bits per heavy atom. The highest BCUT2D eigenvalue weighted by Crippen LogP contribution is 2.28. The number of nitrogens with zero attached hydrogens (tertiary/aromatic N) is 5. The number of hydrogen-bond acceptors (Lipinski definition) is 8. The van der Waals surface area contributed by atoms with Gasteiger partial charge in [-0.1, -0.05) is 11.3 Å². The highest BCUT2D eigenvalue weighted by molar-refractivity contribution is 7.90. The van der Waals surface area contributed by atoms with Crippen LogP contribution in [-0.2, 0) is 9.84 Å². The molecule has 3 heterocycles. The maximum absolute atomic E-state index is 12.4. The first-order valence-electron chi connectivity index (χ1n) is 7.42. The molecule has 0 bridgehead atoms. The fourth-order valence-electron chi connectivity index (χ4n) is 2.34. The van der Waals surface area contributed by atoms with Gasteiger partial charge in [0.15, 0.2) is 15.0 Å². The van der Waals surface area contributed by atoms with E-state index in [9.17, 15) is 13.2 Å². The monoisotopic (exact) mass is 388 g/mol. The van der Waals surface area contributed by atoms with Gasteiger partial charge >= 0.3 is 0 Å². The summed E-state index contributed by atoms with van der Waals surface area (Å²) in [6.45, 7) is 1.83. The lowest BCUT2D eigenvalue weighted by Crippen LogP contribution is -2.13. The normalized spacial score (nSPS) is 11.9. The van der Waals surface area contributed by atoms with Gasteiger partial charge in [-0.15, -0.1) is 5.10 Å². The standard InChI is InChI=1S/C15H12N6O3S2/c1-8-5-6-16-14-18-12(20-21(8)14)13(22)19-15-17-10-4-3-9(26(2,23)24)7-11(10)25-15/h3-7H,1-2H3,(H,17,19,22). The first kappa shape index (κ1) is 16.5. The second-order valence-electron chi connectivity index (χ2n) is 5.61. The van der Waals surface area contributed by atoms with Gasteiger partial charge in [0.25, 0.3) is 11.7 Å². The summed E-state index contributed by atoms with van der Waals surface area (Å²) in [6.07, 6.45) is 2.73. The molecule has 4 aromatic rings. The van der Waals surface area contributed by atoms with Gasteiger partial charge in [0.05, 0.1) is 15.1 Å². The molecule has 0 aliphatic rings. The van der Waals surface area contributed by atoms with Crippen LogP contribution in [0.25, 0.3) is 16.0 Å². The lowest BCUT2D eigenvalue weighted by Gasteiger charge is -1.96. The maximum Gasteiger partial charge on any atom is 0.297 e. The molecule has 26 heavy (non-hydrogen) atoms. The molecule has 4 rings (SSSR count). The summed E-state index contributed by atoms with van der Waals surface area (Å²) in [4.78, 5) is 25.0.